The zero-order valence-electron chi connectivity index (χ0n) is 9.66. The second-order valence-corrected chi connectivity index (χ2v) is 3.80. The summed E-state index contributed by atoms with van der Waals surface area (Å²) in [5, 5.41) is 0. The highest BCUT2D eigenvalue weighted by atomic mass is 32.1. The zero-order valence-corrected chi connectivity index (χ0v) is 10.5. The summed E-state index contributed by atoms with van der Waals surface area (Å²) in [6, 6.07) is -0.232. The molecule has 1 atom stereocenters. The second-order valence-electron chi connectivity index (χ2n) is 3.27. The number of likely N-dealkylation sites (N-methyl/N-ethyl adjacent to an activating group) is 1. The number of esters is 1. The molecular formula is C10H20N2O2S. The quantitative estimate of drug-likeness (QED) is 0.523. The van der Waals surface area contributed by atoms with Gasteiger partial charge in [-0.25, -0.2) is 0 Å². The van der Waals surface area contributed by atoms with E-state index < -0.39 is 0 Å². The van der Waals surface area contributed by atoms with Crippen LogP contribution in [0.2, 0.25) is 0 Å². The largest absolute Gasteiger partial charge is 0.465 e. The van der Waals surface area contributed by atoms with Gasteiger partial charge in [0, 0.05) is 13.0 Å². The summed E-state index contributed by atoms with van der Waals surface area (Å²) in [4.78, 5) is 13.9. The molecule has 0 amide bonds. The van der Waals surface area contributed by atoms with Gasteiger partial charge in [-0.05, 0) is 20.4 Å². The number of carbonyl (C=O) groups is 1. The molecule has 2 N–H and O–H groups in total. The van der Waals surface area contributed by atoms with Crippen LogP contribution < -0.4 is 5.73 Å². The Balaban J connectivity index is 4.14. The predicted molar refractivity (Wildman–Crippen MR) is 64.7 cm³/mol. The molecular weight excluding hydrogens is 212 g/mol. The van der Waals surface area contributed by atoms with E-state index in [1.807, 2.05) is 18.7 Å². The molecule has 0 saturated heterocycles. The summed E-state index contributed by atoms with van der Waals surface area (Å²) in [6.45, 7) is 7.52. The van der Waals surface area contributed by atoms with Crippen LogP contribution >= 0.6 is 12.2 Å². The molecule has 0 radical (unpaired) electrons. The summed E-state index contributed by atoms with van der Waals surface area (Å²) >= 11 is 4.80. The lowest BCUT2D eigenvalue weighted by atomic mass is 10.2. The van der Waals surface area contributed by atoms with E-state index in [4.69, 9.17) is 22.7 Å². The molecule has 0 aromatic rings. The molecule has 0 aromatic heterocycles. The Morgan fingerprint density at radius 3 is 2.53 bits per heavy atom. The average molecular weight is 232 g/mol. The zero-order chi connectivity index (χ0) is 11.8. The highest BCUT2D eigenvalue weighted by molar-refractivity contribution is 7.80. The molecule has 0 aromatic carbocycles. The SMILES string of the molecule is CCOC(=O)C(C)N(CC)CCC(N)=S. The van der Waals surface area contributed by atoms with E-state index >= 15 is 0 Å². The number of ether oxygens (including phenoxy) is 1. The Morgan fingerprint density at radius 2 is 2.13 bits per heavy atom. The summed E-state index contributed by atoms with van der Waals surface area (Å²) < 4.78 is 4.95. The maximum Gasteiger partial charge on any atom is 0.323 e. The van der Waals surface area contributed by atoms with Crippen molar-refractivity contribution >= 4 is 23.2 Å². The lowest BCUT2D eigenvalue weighted by molar-refractivity contribution is -0.148. The Bertz CT molecular complexity index is 221. The fraction of sp³-hybridized carbons (Fsp3) is 0.800. The first-order chi connectivity index (χ1) is 7.02. The molecule has 0 aliphatic rings. The fourth-order valence-electron chi connectivity index (χ4n) is 1.29. The molecule has 0 bridgehead atoms. The maximum atomic E-state index is 11.5. The van der Waals surface area contributed by atoms with Gasteiger partial charge in [-0.1, -0.05) is 19.1 Å². The number of carbonyl (C=O) groups excluding carboxylic acids is 1. The Hall–Kier alpha value is -0.680. The van der Waals surface area contributed by atoms with Gasteiger partial charge < -0.3 is 10.5 Å². The maximum absolute atomic E-state index is 11.5. The number of rotatable bonds is 7. The van der Waals surface area contributed by atoms with Crippen LogP contribution in [0.1, 0.15) is 27.2 Å². The number of thiocarbonyl (C=S) groups is 1. The highest BCUT2D eigenvalue weighted by Crippen LogP contribution is 2.02. The lowest BCUT2D eigenvalue weighted by Gasteiger charge is -2.25. The molecule has 0 aliphatic carbocycles. The van der Waals surface area contributed by atoms with Crippen LogP contribution in [0, 0.1) is 0 Å². The van der Waals surface area contributed by atoms with Gasteiger partial charge in [0.2, 0.25) is 0 Å². The molecule has 0 spiro atoms. The van der Waals surface area contributed by atoms with Crippen molar-refractivity contribution in [3.8, 4) is 0 Å². The van der Waals surface area contributed by atoms with Crippen molar-refractivity contribution in [1.82, 2.24) is 4.90 Å². The molecule has 4 nitrogen and oxygen atoms in total. The van der Waals surface area contributed by atoms with Crippen molar-refractivity contribution in [2.45, 2.75) is 33.2 Å². The van der Waals surface area contributed by atoms with Crippen molar-refractivity contribution in [2.24, 2.45) is 5.73 Å². The minimum absolute atomic E-state index is 0.192. The Kier molecular flexibility index (Phi) is 7.25. The van der Waals surface area contributed by atoms with Crippen molar-refractivity contribution < 1.29 is 9.53 Å². The van der Waals surface area contributed by atoms with Crippen LogP contribution in [0.5, 0.6) is 0 Å². The molecule has 0 rings (SSSR count). The predicted octanol–water partition coefficient (Wildman–Crippen LogP) is 0.936. The third kappa shape index (κ3) is 5.69. The topological polar surface area (TPSA) is 55.6 Å². The van der Waals surface area contributed by atoms with Crippen LogP contribution in [0.25, 0.3) is 0 Å². The normalized spacial score (nSPS) is 12.5. The minimum Gasteiger partial charge on any atom is -0.465 e. The van der Waals surface area contributed by atoms with Crippen LogP contribution in [0.15, 0.2) is 0 Å². The molecule has 0 heterocycles. The Morgan fingerprint density at radius 1 is 1.53 bits per heavy atom. The number of nitrogens with two attached hydrogens (primary N) is 1. The van der Waals surface area contributed by atoms with Crippen molar-refractivity contribution in [2.75, 3.05) is 19.7 Å². The third-order valence-electron chi connectivity index (χ3n) is 2.23. The summed E-state index contributed by atoms with van der Waals surface area (Å²) in [5.74, 6) is -0.192. The van der Waals surface area contributed by atoms with Crippen LogP contribution in [-0.4, -0.2) is 41.6 Å². The van der Waals surface area contributed by atoms with Crippen LogP contribution in [-0.2, 0) is 9.53 Å². The molecule has 0 aliphatic heterocycles. The van der Waals surface area contributed by atoms with E-state index in [1.54, 1.807) is 6.92 Å². The molecule has 1 unspecified atom stereocenters. The summed E-state index contributed by atoms with van der Waals surface area (Å²) in [5.41, 5.74) is 5.42. The van der Waals surface area contributed by atoms with Crippen LogP contribution in [0.4, 0.5) is 0 Å². The molecule has 15 heavy (non-hydrogen) atoms. The molecule has 0 fully saturated rings. The van der Waals surface area contributed by atoms with E-state index in [-0.39, 0.29) is 12.0 Å². The van der Waals surface area contributed by atoms with Crippen molar-refractivity contribution in [3.63, 3.8) is 0 Å². The smallest absolute Gasteiger partial charge is 0.323 e. The van der Waals surface area contributed by atoms with Gasteiger partial charge in [-0.3, -0.25) is 9.69 Å². The van der Waals surface area contributed by atoms with Crippen molar-refractivity contribution in [3.05, 3.63) is 0 Å². The minimum atomic E-state index is -0.232. The van der Waals surface area contributed by atoms with Crippen LogP contribution in [0.3, 0.4) is 0 Å². The van der Waals surface area contributed by atoms with Gasteiger partial charge in [0.25, 0.3) is 0 Å². The van der Waals surface area contributed by atoms with E-state index in [0.717, 1.165) is 6.54 Å². The van der Waals surface area contributed by atoms with E-state index in [1.165, 1.54) is 0 Å². The Labute approximate surface area is 96.8 Å². The third-order valence-corrected chi connectivity index (χ3v) is 2.43. The van der Waals surface area contributed by atoms with Gasteiger partial charge >= 0.3 is 5.97 Å². The fourth-order valence-corrected chi connectivity index (χ4v) is 1.38. The monoisotopic (exact) mass is 232 g/mol. The lowest BCUT2D eigenvalue weighted by Crippen LogP contribution is -2.41. The summed E-state index contributed by atoms with van der Waals surface area (Å²) in [7, 11) is 0. The number of hydrogen-bond acceptors (Lipinski definition) is 4. The first-order valence-electron chi connectivity index (χ1n) is 5.21. The highest BCUT2D eigenvalue weighted by Gasteiger charge is 2.20. The van der Waals surface area contributed by atoms with E-state index in [2.05, 4.69) is 0 Å². The second kappa shape index (κ2) is 7.59. The molecule has 88 valence electrons. The van der Waals surface area contributed by atoms with Gasteiger partial charge in [0.15, 0.2) is 0 Å². The van der Waals surface area contributed by atoms with Gasteiger partial charge in [-0.2, -0.15) is 0 Å². The first-order valence-corrected chi connectivity index (χ1v) is 5.62. The molecule has 0 saturated carbocycles. The standard InChI is InChI=1S/C10H20N2O2S/c1-4-12(7-6-9(11)15)8(3)10(13)14-5-2/h8H,4-7H2,1-3H3,(H2,11,15). The van der Waals surface area contributed by atoms with E-state index in [0.29, 0.717) is 24.6 Å². The number of nitrogens with zero attached hydrogens (tertiary/aromatic N) is 1. The van der Waals surface area contributed by atoms with Gasteiger partial charge in [-0.15, -0.1) is 0 Å². The number of hydrogen-bond donors (Lipinski definition) is 1. The first kappa shape index (κ1) is 14.3. The van der Waals surface area contributed by atoms with Crippen molar-refractivity contribution in [1.29, 1.82) is 0 Å². The average Bonchev–Trinajstić information content (AvgIpc) is 2.18. The molecule has 5 heteroatoms. The van der Waals surface area contributed by atoms with Gasteiger partial charge in [0.1, 0.15) is 6.04 Å². The van der Waals surface area contributed by atoms with E-state index in [9.17, 15) is 4.79 Å². The summed E-state index contributed by atoms with van der Waals surface area (Å²) in [6.07, 6.45) is 0.632. The van der Waals surface area contributed by atoms with Gasteiger partial charge in [0.05, 0.1) is 11.6 Å².